The number of benzene rings is 1. The lowest BCUT2D eigenvalue weighted by molar-refractivity contribution is 0.0899. The maximum absolute atomic E-state index is 13.5. The first kappa shape index (κ1) is 13.1. The zero-order valence-electron chi connectivity index (χ0n) is 10.0. The fourth-order valence-electron chi connectivity index (χ4n) is 2.52. The quantitative estimate of drug-likeness (QED) is 0.571. The van der Waals surface area contributed by atoms with Crippen LogP contribution >= 0.6 is 0 Å². The number of halogens is 3. The summed E-state index contributed by atoms with van der Waals surface area (Å²) < 4.78 is 39.8. The van der Waals surface area contributed by atoms with Gasteiger partial charge in [-0.05, 0) is 12.8 Å². The second-order valence-electron chi connectivity index (χ2n) is 4.80. The third-order valence-corrected chi connectivity index (χ3v) is 3.48. The number of carbonyl (C=O) groups is 1. The Morgan fingerprint density at radius 2 is 1.44 bits per heavy atom. The smallest absolute Gasteiger partial charge is 0.171 e. The van der Waals surface area contributed by atoms with Crippen LogP contribution in [0.1, 0.15) is 48.9 Å². The van der Waals surface area contributed by atoms with Crippen molar-refractivity contribution in [3.63, 3.8) is 0 Å². The van der Waals surface area contributed by atoms with Crippen LogP contribution < -0.4 is 0 Å². The summed E-state index contributed by atoms with van der Waals surface area (Å²) in [6.45, 7) is 0. The molecule has 0 heterocycles. The average molecular weight is 256 g/mol. The molecule has 18 heavy (non-hydrogen) atoms. The Hall–Kier alpha value is -1.32. The average Bonchev–Trinajstić information content (AvgIpc) is 2.55. The summed E-state index contributed by atoms with van der Waals surface area (Å²) in [6.07, 6.45) is 5.24. The summed E-state index contributed by atoms with van der Waals surface area (Å²) in [4.78, 5) is 12.1. The summed E-state index contributed by atoms with van der Waals surface area (Å²) in [7, 11) is 0. The zero-order chi connectivity index (χ0) is 13.1. The molecule has 1 aliphatic carbocycles. The normalized spacial score (nSPS) is 17.5. The summed E-state index contributed by atoms with van der Waals surface area (Å²) in [5.41, 5.74) is -0.580. The van der Waals surface area contributed by atoms with Gasteiger partial charge in [-0.1, -0.05) is 25.7 Å². The Morgan fingerprint density at radius 1 is 0.944 bits per heavy atom. The van der Waals surface area contributed by atoms with Crippen molar-refractivity contribution >= 4 is 5.78 Å². The maximum Gasteiger partial charge on any atom is 0.171 e. The minimum absolute atomic E-state index is 0.332. The molecule has 0 aliphatic heterocycles. The van der Waals surface area contributed by atoms with Gasteiger partial charge in [0.05, 0.1) is 5.56 Å². The molecule has 0 unspecified atom stereocenters. The lowest BCUT2D eigenvalue weighted by Gasteiger charge is -2.13. The molecule has 0 spiro atoms. The molecule has 0 amide bonds. The minimum Gasteiger partial charge on any atom is -0.294 e. The molecular weight excluding hydrogens is 241 g/mol. The summed E-state index contributed by atoms with van der Waals surface area (Å²) in [5, 5.41) is 0. The van der Waals surface area contributed by atoms with E-state index >= 15 is 0 Å². The first-order valence-corrected chi connectivity index (χ1v) is 6.28. The van der Waals surface area contributed by atoms with Crippen LogP contribution in [0.2, 0.25) is 0 Å². The van der Waals surface area contributed by atoms with E-state index in [-0.39, 0.29) is 5.92 Å². The molecule has 1 saturated carbocycles. The van der Waals surface area contributed by atoms with Gasteiger partial charge in [-0.2, -0.15) is 0 Å². The summed E-state index contributed by atoms with van der Waals surface area (Å²) in [6, 6.07) is 1.13. The van der Waals surface area contributed by atoms with Crippen LogP contribution in [0, 0.1) is 23.4 Å². The zero-order valence-corrected chi connectivity index (χ0v) is 10.0. The number of carbonyl (C=O) groups excluding carboxylic acids is 1. The van der Waals surface area contributed by atoms with Crippen molar-refractivity contribution in [2.75, 3.05) is 0 Å². The van der Waals surface area contributed by atoms with E-state index in [1.54, 1.807) is 0 Å². The highest BCUT2D eigenvalue weighted by atomic mass is 19.1. The van der Waals surface area contributed by atoms with Crippen molar-refractivity contribution < 1.29 is 18.0 Å². The molecule has 98 valence electrons. The van der Waals surface area contributed by atoms with E-state index in [1.165, 1.54) is 0 Å². The molecule has 0 aromatic heterocycles. The summed E-state index contributed by atoms with van der Waals surface area (Å²) in [5.74, 6) is -4.04. The maximum atomic E-state index is 13.5. The molecule has 2 rings (SSSR count). The molecule has 0 radical (unpaired) electrons. The fourth-order valence-corrected chi connectivity index (χ4v) is 2.52. The van der Waals surface area contributed by atoms with Crippen LogP contribution in [0.4, 0.5) is 13.2 Å². The van der Waals surface area contributed by atoms with E-state index in [0.29, 0.717) is 25.0 Å². The number of rotatable bonds is 2. The second-order valence-corrected chi connectivity index (χ2v) is 4.80. The van der Waals surface area contributed by atoms with Crippen LogP contribution in [0.15, 0.2) is 12.1 Å². The predicted molar refractivity (Wildman–Crippen MR) is 61.8 cm³/mol. The van der Waals surface area contributed by atoms with Crippen molar-refractivity contribution in [3.8, 4) is 0 Å². The highest BCUT2D eigenvalue weighted by molar-refractivity contribution is 5.98. The van der Waals surface area contributed by atoms with E-state index < -0.39 is 28.8 Å². The van der Waals surface area contributed by atoms with Crippen LogP contribution in [0.25, 0.3) is 0 Å². The molecule has 0 atom stereocenters. The van der Waals surface area contributed by atoms with Crippen molar-refractivity contribution in [1.29, 1.82) is 0 Å². The van der Waals surface area contributed by atoms with Gasteiger partial charge >= 0.3 is 0 Å². The van der Waals surface area contributed by atoms with Crippen LogP contribution in [0.5, 0.6) is 0 Å². The van der Waals surface area contributed by atoms with Gasteiger partial charge in [-0.3, -0.25) is 4.79 Å². The van der Waals surface area contributed by atoms with E-state index in [9.17, 15) is 18.0 Å². The molecule has 1 aliphatic rings. The Morgan fingerprint density at radius 3 is 1.94 bits per heavy atom. The lowest BCUT2D eigenvalue weighted by Crippen LogP contribution is -2.17. The SMILES string of the molecule is O=C(c1c(F)cc(F)cc1F)C1CCCCCC1. The molecule has 1 nitrogen and oxygen atoms in total. The van der Waals surface area contributed by atoms with Crippen LogP contribution in [-0.4, -0.2) is 5.78 Å². The van der Waals surface area contributed by atoms with Gasteiger partial charge in [0.25, 0.3) is 0 Å². The van der Waals surface area contributed by atoms with Crippen molar-refractivity contribution in [2.45, 2.75) is 38.5 Å². The Bertz CT molecular complexity index is 425. The van der Waals surface area contributed by atoms with Crippen LogP contribution in [-0.2, 0) is 0 Å². The fraction of sp³-hybridized carbons (Fsp3) is 0.500. The van der Waals surface area contributed by atoms with E-state index in [2.05, 4.69) is 0 Å². The van der Waals surface area contributed by atoms with Crippen LogP contribution in [0.3, 0.4) is 0 Å². The number of hydrogen-bond acceptors (Lipinski definition) is 1. The van der Waals surface area contributed by atoms with Crippen molar-refractivity contribution in [2.24, 2.45) is 5.92 Å². The molecule has 1 aromatic carbocycles. The molecule has 0 N–H and O–H groups in total. The van der Waals surface area contributed by atoms with Gasteiger partial charge in [0.15, 0.2) is 5.78 Å². The molecule has 1 aromatic rings. The first-order chi connectivity index (χ1) is 8.59. The van der Waals surface area contributed by atoms with Crippen molar-refractivity contribution in [1.82, 2.24) is 0 Å². The Labute approximate surface area is 104 Å². The number of ketones is 1. The first-order valence-electron chi connectivity index (χ1n) is 6.28. The van der Waals surface area contributed by atoms with Gasteiger partial charge in [-0.15, -0.1) is 0 Å². The van der Waals surface area contributed by atoms with Gasteiger partial charge in [-0.25, -0.2) is 13.2 Å². The van der Waals surface area contributed by atoms with Crippen molar-refractivity contribution in [3.05, 3.63) is 35.1 Å². The molecule has 0 bridgehead atoms. The lowest BCUT2D eigenvalue weighted by atomic mass is 9.90. The van der Waals surface area contributed by atoms with Gasteiger partial charge in [0.2, 0.25) is 0 Å². The highest BCUT2D eigenvalue weighted by Gasteiger charge is 2.27. The topological polar surface area (TPSA) is 17.1 Å². The number of Topliss-reactive ketones (excluding diaryl/α,β-unsaturated/α-hetero) is 1. The predicted octanol–water partition coefficient (Wildman–Crippen LogP) is 4.26. The number of hydrogen-bond donors (Lipinski definition) is 0. The molecule has 4 heteroatoms. The van der Waals surface area contributed by atoms with Gasteiger partial charge in [0.1, 0.15) is 17.5 Å². The Balaban J connectivity index is 2.27. The van der Waals surface area contributed by atoms with E-state index in [4.69, 9.17) is 0 Å². The van der Waals surface area contributed by atoms with Gasteiger partial charge in [0, 0.05) is 18.1 Å². The molecule has 0 saturated heterocycles. The molecule has 1 fully saturated rings. The highest BCUT2D eigenvalue weighted by Crippen LogP contribution is 2.28. The minimum atomic E-state index is -1.10. The third kappa shape index (κ3) is 2.74. The van der Waals surface area contributed by atoms with Gasteiger partial charge < -0.3 is 0 Å². The van der Waals surface area contributed by atoms with E-state index in [1.807, 2.05) is 0 Å². The largest absolute Gasteiger partial charge is 0.294 e. The monoisotopic (exact) mass is 256 g/mol. The Kier molecular flexibility index (Phi) is 4.04. The second kappa shape index (κ2) is 5.55. The summed E-state index contributed by atoms with van der Waals surface area (Å²) >= 11 is 0. The van der Waals surface area contributed by atoms with E-state index in [0.717, 1.165) is 25.7 Å². The standard InChI is InChI=1S/C14H15F3O/c15-10-7-11(16)13(12(17)8-10)14(18)9-5-3-1-2-4-6-9/h7-9H,1-6H2. The molecular formula is C14H15F3O. The third-order valence-electron chi connectivity index (χ3n) is 3.48.